The quantitative estimate of drug-likeness (QED) is 0.406. The predicted molar refractivity (Wildman–Crippen MR) is 79.5 cm³/mol. The Morgan fingerprint density at radius 1 is 1.28 bits per heavy atom. The van der Waals surface area contributed by atoms with Crippen molar-refractivity contribution in [3.05, 3.63) is 0 Å². The molecular weight excluding hydrogens is 238 g/mol. The van der Waals surface area contributed by atoms with E-state index in [0.717, 1.165) is 19.3 Å². The topological polar surface area (TPSA) is 33.0 Å². The summed E-state index contributed by atoms with van der Waals surface area (Å²) in [5, 5.41) is 9.49. The minimum Gasteiger partial charge on any atom is -0.391 e. The molecule has 0 unspecified atom stereocenters. The van der Waals surface area contributed by atoms with Gasteiger partial charge in [-0.2, -0.15) is 5.26 Å². The molecule has 2 nitrogen and oxygen atoms in total. The maximum Gasteiger partial charge on any atom is 0.206 e. The van der Waals surface area contributed by atoms with E-state index >= 15 is 0 Å². The van der Waals surface area contributed by atoms with Gasteiger partial charge in [0.05, 0.1) is 0 Å². The van der Waals surface area contributed by atoms with Crippen LogP contribution in [0.5, 0.6) is 0 Å². The van der Waals surface area contributed by atoms with Gasteiger partial charge in [0, 0.05) is 12.8 Å². The summed E-state index contributed by atoms with van der Waals surface area (Å²) in [5.74, 6) is 6.64. The molecule has 0 saturated carbocycles. The lowest BCUT2D eigenvalue weighted by Crippen LogP contribution is -2.41. The Labute approximate surface area is 114 Å². The highest BCUT2D eigenvalue weighted by molar-refractivity contribution is 6.69. The van der Waals surface area contributed by atoms with Crippen LogP contribution in [0.2, 0.25) is 19.6 Å². The maximum atomic E-state index is 9.49. The normalized spacial score (nSPS) is 14.6. The lowest BCUT2D eigenvalue weighted by molar-refractivity contribution is 0.153. The fraction of sp³-hybridized carbons (Fsp3) is 0.800. The number of rotatable bonds is 6. The van der Waals surface area contributed by atoms with E-state index in [1.165, 1.54) is 0 Å². The van der Waals surface area contributed by atoms with Gasteiger partial charge in [-0.15, -0.1) is 0 Å². The molecule has 0 aliphatic rings. The van der Waals surface area contributed by atoms with Gasteiger partial charge in [0.2, 0.25) is 5.60 Å². The molecule has 0 aromatic rings. The van der Waals surface area contributed by atoms with E-state index in [0.29, 0.717) is 12.3 Å². The van der Waals surface area contributed by atoms with Crippen molar-refractivity contribution in [2.24, 2.45) is 5.92 Å². The van der Waals surface area contributed by atoms with Gasteiger partial charge in [0.1, 0.15) is 6.07 Å². The zero-order valence-electron chi connectivity index (χ0n) is 12.8. The molecule has 0 spiro atoms. The van der Waals surface area contributed by atoms with Crippen molar-refractivity contribution in [3.63, 3.8) is 0 Å². The van der Waals surface area contributed by atoms with Crippen molar-refractivity contribution in [1.29, 1.82) is 5.26 Å². The Morgan fingerprint density at radius 3 is 2.28 bits per heavy atom. The molecule has 0 bridgehead atoms. The summed E-state index contributed by atoms with van der Waals surface area (Å²) < 4.78 is 6.07. The molecule has 0 heterocycles. The monoisotopic (exact) mass is 265 g/mol. The standard InChI is InChI=1S/C15H27NOSi/c1-7-8-9-10-11-15(13-16,12-14(2)3)17-18(4,5)6/h14H,7-9,12H2,1-6H3/t15-/m1/s1. The average molecular weight is 265 g/mol. The highest BCUT2D eigenvalue weighted by Gasteiger charge is 2.35. The number of hydrogen-bond acceptors (Lipinski definition) is 2. The molecule has 102 valence electrons. The van der Waals surface area contributed by atoms with Gasteiger partial charge >= 0.3 is 0 Å². The van der Waals surface area contributed by atoms with Crippen LogP contribution in [0.25, 0.3) is 0 Å². The molecular formula is C15H27NOSi. The first-order valence-corrected chi connectivity index (χ1v) is 10.3. The van der Waals surface area contributed by atoms with Gasteiger partial charge in [-0.3, -0.25) is 0 Å². The smallest absolute Gasteiger partial charge is 0.206 e. The van der Waals surface area contributed by atoms with Crippen molar-refractivity contribution in [1.82, 2.24) is 0 Å². The highest BCUT2D eigenvalue weighted by Crippen LogP contribution is 2.25. The third-order valence-electron chi connectivity index (χ3n) is 2.30. The van der Waals surface area contributed by atoms with Gasteiger partial charge < -0.3 is 4.43 Å². The van der Waals surface area contributed by atoms with Crippen LogP contribution >= 0.6 is 0 Å². The molecule has 0 aliphatic carbocycles. The van der Waals surface area contributed by atoms with Crippen LogP contribution in [-0.2, 0) is 4.43 Å². The average Bonchev–Trinajstić information content (AvgIpc) is 2.21. The minimum atomic E-state index is -1.77. The molecule has 0 aromatic carbocycles. The summed E-state index contributed by atoms with van der Waals surface area (Å²) in [7, 11) is -1.77. The van der Waals surface area contributed by atoms with E-state index < -0.39 is 13.9 Å². The minimum absolute atomic E-state index is 0.404. The van der Waals surface area contributed by atoms with Crippen molar-refractivity contribution in [2.45, 2.75) is 71.7 Å². The summed E-state index contributed by atoms with van der Waals surface area (Å²) in [6, 6.07) is 2.32. The third-order valence-corrected chi connectivity index (χ3v) is 3.26. The van der Waals surface area contributed by atoms with Crippen LogP contribution in [0.3, 0.4) is 0 Å². The number of unbranched alkanes of at least 4 members (excludes halogenated alkanes) is 2. The van der Waals surface area contributed by atoms with Gasteiger partial charge in [0.15, 0.2) is 8.32 Å². The Bertz CT molecular complexity index is 340. The molecule has 0 N–H and O–H groups in total. The third kappa shape index (κ3) is 7.53. The molecule has 1 atom stereocenters. The predicted octanol–water partition coefficient (Wildman–Crippen LogP) is 4.34. The Balaban J connectivity index is 4.98. The number of nitrogens with zero attached hydrogens (tertiary/aromatic N) is 1. The fourth-order valence-electron chi connectivity index (χ4n) is 1.78. The molecule has 0 fully saturated rings. The molecule has 0 aliphatic heterocycles. The zero-order chi connectivity index (χ0) is 14.2. The van der Waals surface area contributed by atoms with Crippen molar-refractivity contribution in [2.75, 3.05) is 0 Å². The first-order valence-electron chi connectivity index (χ1n) is 6.86. The fourth-order valence-corrected chi connectivity index (χ4v) is 3.01. The summed E-state index contributed by atoms with van der Waals surface area (Å²) in [5.41, 5.74) is -0.896. The van der Waals surface area contributed by atoms with Gasteiger partial charge in [-0.25, -0.2) is 0 Å². The van der Waals surface area contributed by atoms with Crippen molar-refractivity contribution < 1.29 is 4.43 Å². The summed E-state index contributed by atoms with van der Waals surface area (Å²) in [4.78, 5) is 0. The van der Waals surface area contributed by atoms with E-state index in [-0.39, 0.29) is 0 Å². The second-order valence-electron chi connectivity index (χ2n) is 6.16. The van der Waals surface area contributed by atoms with Crippen LogP contribution in [0.15, 0.2) is 0 Å². The largest absolute Gasteiger partial charge is 0.391 e. The zero-order valence-corrected chi connectivity index (χ0v) is 13.8. The van der Waals surface area contributed by atoms with E-state index in [1.54, 1.807) is 0 Å². The Kier molecular flexibility index (Phi) is 7.29. The first kappa shape index (κ1) is 17.2. The molecule has 0 radical (unpaired) electrons. The maximum absolute atomic E-state index is 9.49. The van der Waals surface area contributed by atoms with E-state index in [9.17, 15) is 5.26 Å². The number of hydrogen-bond donors (Lipinski definition) is 0. The van der Waals surface area contributed by atoms with E-state index in [2.05, 4.69) is 58.3 Å². The lowest BCUT2D eigenvalue weighted by atomic mass is 9.94. The summed E-state index contributed by atoms with van der Waals surface area (Å²) in [6.45, 7) is 12.7. The Morgan fingerprint density at radius 2 is 1.89 bits per heavy atom. The second-order valence-corrected chi connectivity index (χ2v) is 10.6. The Hall–Kier alpha value is -0.773. The lowest BCUT2D eigenvalue weighted by Gasteiger charge is -2.30. The van der Waals surface area contributed by atoms with Crippen LogP contribution in [0, 0.1) is 29.1 Å². The van der Waals surface area contributed by atoms with Crippen LogP contribution in [0.1, 0.15) is 46.5 Å². The molecule has 0 aromatic heterocycles. The molecule has 0 amide bonds. The van der Waals surface area contributed by atoms with Gasteiger partial charge in [-0.1, -0.05) is 39.0 Å². The molecule has 0 rings (SSSR count). The molecule has 18 heavy (non-hydrogen) atoms. The van der Waals surface area contributed by atoms with Crippen LogP contribution in [-0.4, -0.2) is 13.9 Å². The molecule has 0 saturated heterocycles. The first-order chi connectivity index (χ1) is 8.24. The van der Waals surface area contributed by atoms with E-state index in [1.807, 2.05) is 0 Å². The highest BCUT2D eigenvalue weighted by atomic mass is 28.4. The second kappa shape index (κ2) is 7.62. The van der Waals surface area contributed by atoms with Gasteiger partial charge in [0.25, 0.3) is 0 Å². The number of nitriles is 1. The molecule has 3 heteroatoms. The summed E-state index contributed by atoms with van der Waals surface area (Å²) in [6.07, 6.45) is 3.76. The van der Waals surface area contributed by atoms with Gasteiger partial charge in [-0.05, 0) is 32.0 Å². The SMILES string of the molecule is CCCCC#C[C@](C#N)(CC(C)C)O[Si](C)(C)C. The van der Waals surface area contributed by atoms with Crippen LogP contribution in [0.4, 0.5) is 0 Å². The van der Waals surface area contributed by atoms with Crippen LogP contribution < -0.4 is 0 Å². The van der Waals surface area contributed by atoms with E-state index in [4.69, 9.17) is 4.43 Å². The van der Waals surface area contributed by atoms with Crippen molar-refractivity contribution >= 4 is 8.32 Å². The summed E-state index contributed by atoms with van der Waals surface area (Å²) >= 11 is 0. The van der Waals surface area contributed by atoms with Crippen molar-refractivity contribution in [3.8, 4) is 17.9 Å².